The molecule has 8 heteroatoms. The standard InChI is InChI=1S/C15H18F2N4OS/c1-9-11(10(2)21(3)20-9)6-8-18-13(22)12-5-4-7-19-14(12)23-15(16)17/h4-5,7,15H,6,8H2,1-3H3,(H,18,22). The number of rotatable bonds is 6. The van der Waals surface area contributed by atoms with Crippen molar-refractivity contribution in [2.75, 3.05) is 6.54 Å². The number of thioether (sulfide) groups is 1. The molecular weight excluding hydrogens is 322 g/mol. The number of hydrogen-bond donors (Lipinski definition) is 1. The summed E-state index contributed by atoms with van der Waals surface area (Å²) in [4.78, 5) is 16.0. The molecule has 0 aliphatic heterocycles. The number of aryl methyl sites for hydroxylation is 2. The van der Waals surface area contributed by atoms with Crippen molar-refractivity contribution in [3.63, 3.8) is 0 Å². The van der Waals surface area contributed by atoms with Crippen molar-refractivity contribution >= 4 is 17.7 Å². The summed E-state index contributed by atoms with van der Waals surface area (Å²) < 4.78 is 26.8. The molecular formula is C15H18F2N4OS. The van der Waals surface area contributed by atoms with E-state index in [0.717, 1.165) is 17.0 Å². The fourth-order valence-corrected chi connectivity index (χ4v) is 2.90. The highest BCUT2D eigenvalue weighted by Gasteiger charge is 2.17. The van der Waals surface area contributed by atoms with Gasteiger partial charge in [0.05, 0.1) is 11.3 Å². The first-order valence-corrected chi connectivity index (χ1v) is 7.95. The van der Waals surface area contributed by atoms with E-state index in [4.69, 9.17) is 0 Å². The summed E-state index contributed by atoms with van der Waals surface area (Å²) in [6.45, 7) is 4.29. The predicted molar refractivity (Wildman–Crippen MR) is 84.8 cm³/mol. The second-order valence-corrected chi connectivity index (χ2v) is 5.99. The number of amides is 1. The molecule has 0 saturated carbocycles. The fraction of sp³-hybridized carbons (Fsp3) is 0.400. The van der Waals surface area contributed by atoms with Gasteiger partial charge in [-0.1, -0.05) is 0 Å². The highest BCUT2D eigenvalue weighted by molar-refractivity contribution is 7.99. The first-order chi connectivity index (χ1) is 10.9. The van der Waals surface area contributed by atoms with Crippen LogP contribution >= 0.6 is 11.8 Å². The molecule has 2 aromatic rings. The molecule has 0 unspecified atom stereocenters. The van der Waals surface area contributed by atoms with Crippen molar-refractivity contribution in [1.29, 1.82) is 0 Å². The molecule has 23 heavy (non-hydrogen) atoms. The Morgan fingerprint density at radius 1 is 1.43 bits per heavy atom. The van der Waals surface area contributed by atoms with E-state index < -0.39 is 11.7 Å². The molecule has 1 amide bonds. The molecule has 0 fully saturated rings. The second kappa shape index (κ2) is 7.54. The number of alkyl halides is 2. The zero-order chi connectivity index (χ0) is 17.0. The number of nitrogens with zero attached hydrogens (tertiary/aromatic N) is 3. The average molecular weight is 340 g/mol. The zero-order valence-corrected chi connectivity index (χ0v) is 14.0. The Bertz CT molecular complexity index is 703. The summed E-state index contributed by atoms with van der Waals surface area (Å²) in [6, 6.07) is 3.05. The van der Waals surface area contributed by atoms with Crippen LogP contribution in [0.3, 0.4) is 0 Å². The lowest BCUT2D eigenvalue weighted by Crippen LogP contribution is -2.26. The van der Waals surface area contributed by atoms with E-state index in [9.17, 15) is 13.6 Å². The lowest BCUT2D eigenvalue weighted by atomic mass is 10.1. The Kier molecular flexibility index (Phi) is 5.70. The Hall–Kier alpha value is -1.96. The predicted octanol–water partition coefficient (Wildman–Crippen LogP) is 2.72. The van der Waals surface area contributed by atoms with Crippen LogP contribution in [-0.2, 0) is 13.5 Å². The van der Waals surface area contributed by atoms with Crippen LogP contribution in [0, 0.1) is 13.8 Å². The van der Waals surface area contributed by atoms with Gasteiger partial charge in [0.1, 0.15) is 5.03 Å². The van der Waals surface area contributed by atoms with Gasteiger partial charge in [0, 0.05) is 25.5 Å². The number of aromatic nitrogens is 3. The lowest BCUT2D eigenvalue weighted by Gasteiger charge is -2.09. The van der Waals surface area contributed by atoms with Crippen LogP contribution in [0.25, 0.3) is 0 Å². The third kappa shape index (κ3) is 4.28. The highest BCUT2D eigenvalue weighted by atomic mass is 32.2. The average Bonchev–Trinajstić information content (AvgIpc) is 2.73. The van der Waals surface area contributed by atoms with E-state index in [1.54, 1.807) is 10.7 Å². The van der Waals surface area contributed by atoms with Crippen molar-refractivity contribution in [3.8, 4) is 0 Å². The molecule has 0 saturated heterocycles. The van der Waals surface area contributed by atoms with E-state index in [2.05, 4.69) is 15.4 Å². The minimum atomic E-state index is -2.61. The van der Waals surface area contributed by atoms with Crippen molar-refractivity contribution in [2.45, 2.75) is 31.1 Å². The van der Waals surface area contributed by atoms with Gasteiger partial charge in [-0.15, -0.1) is 0 Å². The normalized spacial score (nSPS) is 11.0. The third-order valence-electron chi connectivity index (χ3n) is 3.54. The summed E-state index contributed by atoms with van der Waals surface area (Å²) in [7, 11) is 1.87. The van der Waals surface area contributed by atoms with Crippen molar-refractivity contribution in [2.24, 2.45) is 7.05 Å². The van der Waals surface area contributed by atoms with Crippen LogP contribution in [0.4, 0.5) is 8.78 Å². The Balaban J connectivity index is 2.00. The van der Waals surface area contributed by atoms with E-state index in [1.807, 2.05) is 20.9 Å². The van der Waals surface area contributed by atoms with Gasteiger partial charge in [-0.25, -0.2) is 4.98 Å². The topological polar surface area (TPSA) is 59.8 Å². The minimum Gasteiger partial charge on any atom is -0.352 e. The first kappa shape index (κ1) is 17.4. The quantitative estimate of drug-likeness (QED) is 0.822. The Labute approximate surface area is 137 Å². The molecule has 0 aromatic carbocycles. The van der Waals surface area contributed by atoms with Crippen LogP contribution in [0.5, 0.6) is 0 Å². The van der Waals surface area contributed by atoms with E-state index in [0.29, 0.717) is 13.0 Å². The van der Waals surface area contributed by atoms with Crippen molar-refractivity contribution in [1.82, 2.24) is 20.1 Å². The van der Waals surface area contributed by atoms with Crippen molar-refractivity contribution < 1.29 is 13.6 Å². The zero-order valence-electron chi connectivity index (χ0n) is 13.1. The molecule has 1 N–H and O–H groups in total. The molecule has 124 valence electrons. The maximum absolute atomic E-state index is 12.5. The van der Waals surface area contributed by atoms with Crippen molar-refractivity contribution in [3.05, 3.63) is 40.8 Å². The smallest absolute Gasteiger partial charge is 0.290 e. The van der Waals surface area contributed by atoms with Crippen LogP contribution < -0.4 is 5.32 Å². The monoisotopic (exact) mass is 340 g/mol. The maximum Gasteiger partial charge on any atom is 0.290 e. The SMILES string of the molecule is Cc1nn(C)c(C)c1CCNC(=O)c1cccnc1SC(F)F. The number of nitrogens with one attached hydrogen (secondary N) is 1. The fourth-order valence-electron chi connectivity index (χ4n) is 2.32. The molecule has 2 aromatic heterocycles. The summed E-state index contributed by atoms with van der Waals surface area (Å²) >= 11 is 0.273. The Morgan fingerprint density at radius 2 is 2.17 bits per heavy atom. The van der Waals surface area contributed by atoms with Gasteiger partial charge in [-0.05, 0) is 49.7 Å². The summed E-state index contributed by atoms with van der Waals surface area (Å²) in [5.74, 6) is -3.02. The molecule has 0 bridgehead atoms. The van der Waals surface area contributed by atoms with Gasteiger partial charge in [-0.3, -0.25) is 9.48 Å². The third-order valence-corrected chi connectivity index (χ3v) is 4.26. The summed E-state index contributed by atoms with van der Waals surface area (Å²) in [5.41, 5.74) is 3.22. The highest BCUT2D eigenvalue weighted by Crippen LogP contribution is 2.26. The number of halogens is 2. The summed E-state index contributed by atoms with van der Waals surface area (Å²) in [5, 5.41) is 7.11. The van der Waals surface area contributed by atoms with Gasteiger partial charge in [0.2, 0.25) is 0 Å². The van der Waals surface area contributed by atoms with Crippen LogP contribution in [-0.4, -0.2) is 33.0 Å². The Morgan fingerprint density at radius 3 is 2.78 bits per heavy atom. The summed E-state index contributed by atoms with van der Waals surface area (Å²) in [6.07, 6.45) is 2.03. The second-order valence-electron chi connectivity index (χ2n) is 5.01. The molecule has 2 heterocycles. The molecule has 0 aliphatic carbocycles. The van der Waals surface area contributed by atoms with Gasteiger partial charge < -0.3 is 5.32 Å². The number of hydrogen-bond acceptors (Lipinski definition) is 4. The molecule has 0 atom stereocenters. The van der Waals surface area contributed by atoms with Crippen LogP contribution in [0.1, 0.15) is 27.3 Å². The van der Waals surface area contributed by atoms with Gasteiger partial charge in [0.15, 0.2) is 0 Å². The van der Waals surface area contributed by atoms with E-state index >= 15 is 0 Å². The van der Waals surface area contributed by atoms with Crippen LogP contribution in [0.15, 0.2) is 23.4 Å². The molecule has 0 spiro atoms. The van der Waals surface area contributed by atoms with E-state index in [-0.39, 0.29) is 22.4 Å². The minimum absolute atomic E-state index is 0.0359. The number of pyridine rings is 1. The van der Waals surface area contributed by atoms with Crippen LogP contribution in [0.2, 0.25) is 0 Å². The van der Waals surface area contributed by atoms with Gasteiger partial charge in [0.25, 0.3) is 11.7 Å². The largest absolute Gasteiger partial charge is 0.352 e. The maximum atomic E-state index is 12.5. The number of carbonyl (C=O) groups is 1. The molecule has 2 rings (SSSR count). The molecule has 0 radical (unpaired) electrons. The van der Waals surface area contributed by atoms with E-state index in [1.165, 1.54) is 12.3 Å². The lowest BCUT2D eigenvalue weighted by molar-refractivity contribution is 0.0950. The first-order valence-electron chi connectivity index (χ1n) is 7.07. The van der Waals surface area contributed by atoms with Gasteiger partial charge >= 0.3 is 0 Å². The molecule has 5 nitrogen and oxygen atoms in total. The number of carbonyl (C=O) groups excluding carboxylic acids is 1. The molecule has 0 aliphatic rings. The van der Waals surface area contributed by atoms with Gasteiger partial charge in [-0.2, -0.15) is 13.9 Å².